The summed E-state index contributed by atoms with van der Waals surface area (Å²) in [6.07, 6.45) is 5.84. The molecule has 0 bridgehead atoms. The number of nitrogens with zero attached hydrogens (tertiary/aromatic N) is 2. The minimum absolute atomic E-state index is 0.0908. The minimum atomic E-state index is 0.0908. The Balaban J connectivity index is 1.77. The number of amides is 1. The van der Waals surface area contributed by atoms with Gasteiger partial charge in [0, 0.05) is 24.6 Å². The van der Waals surface area contributed by atoms with Gasteiger partial charge >= 0.3 is 0 Å². The van der Waals surface area contributed by atoms with Crippen molar-refractivity contribution in [2.45, 2.75) is 45.4 Å². The standard InChI is InChI=1S/C19H27N3O/c1-2-3-5-16-6-8-18(9-7-16)21-19(23)17-10-14-22(15-11-17)13-4-12-20/h6-9,17H,2-5,10-11,13-15H2,1H3,(H,21,23). The lowest BCUT2D eigenvalue weighted by molar-refractivity contribution is -0.121. The number of nitrogens with one attached hydrogen (secondary N) is 1. The van der Waals surface area contributed by atoms with E-state index in [1.54, 1.807) is 0 Å². The first-order valence-electron chi connectivity index (χ1n) is 8.72. The fourth-order valence-corrected chi connectivity index (χ4v) is 3.01. The van der Waals surface area contributed by atoms with Crippen molar-refractivity contribution in [1.82, 2.24) is 4.90 Å². The molecule has 0 saturated carbocycles. The summed E-state index contributed by atoms with van der Waals surface area (Å²) in [5, 5.41) is 11.7. The number of aryl methyl sites for hydroxylation is 1. The molecule has 0 spiro atoms. The molecule has 0 unspecified atom stereocenters. The molecule has 1 amide bonds. The summed E-state index contributed by atoms with van der Waals surface area (Å²) in [4.78, 5) is 14.6. The highest BCUT2D eigenvalue weighted by Crippen LogP contribution is 2.20. The van der Waals surface area contributed by atoms with E-state index < -0.39 is 0 Å². The molecule has 2 rings (SSSR count). The van der Waals surface area contributed by atoms with Crippen LogP contribution in [0.5, 0.6) is 0 Å². The predicted molar refractivity (Wildman–Crippen MR) is 93.1 cm³/mol. The largest absolute Gasteiger partial charge is 0.326 e. The fourth-order valence-electron chi connectivity index (χ4n) is 3.01. The zero-order chi connectivity index (χ0) is 16.5. The van der Waals surface area contributed by atoms with Crippen molar-refractivity contribution in [3.63, 3.8) is 0 Å². The monoisotopic (exact) mass is 313 g/mol. The Morgan fingerprint density at radius 2 is 2.00 bits per heavy atom. The van der Waals surface area contributed by atoms with Crippen molar-refractivity contribution in [3.05, 3.63) is 29.8 Å². The third-order valence-electron chi connectivity index (χ3n) is 4.54. The van der Waals surface area contributed by atoms with E-state index in [-0.39, 0.29) is 11.8 Å². The lowest BCUT2D eigenvalue weighted by atomic mass is 9.95. The Labute approximate surface area is 139 Å². The number of benzene rings is 1. The first-order chi connectivity index (χ1) is 11.2. The molecule has 1 aromatic rings. The third-order valence-corrected chi connectivity index (χ3v) is 4.54. The van der Waals surface area contributed by atoms with Crippen LogP contribution in [-0.4, -0.2) is 30.4 Å². The van der Waals surface area contributed by atoms with Gasteiger partial charge in [-0.2, -0.15) is 5.26 Å². The van der Waals surface area contributed by atoms with Crippen LogP contribution in [0.15, 0.2) is 24.3 Å². The molecule has 1 aliphatic heterocycles. The van der Waals surface area contributed by atoms with Crippen LogP contribution < -0.4 is 5.32 Å². The quantitative estimate of drug-likeness (QED) is 0.837. The lowest BCUT2D eigenvalue weighted by Crippen LogP contribution is -2.38. The first-order valence-corrected chi connectivity index (χ1v) is 8.72. The second-order valence-corrected chi connectivity index (χ2v) is 6.31. The van der Waals surface area contributed by atoms with E-state index in [9.17, 15) is 4.79 Å². The minimum Gasteiger partial charge on any atom is -0.326 e. The number of anilines is 1. The summed E-state index contributed by atoms with van der Waals surface area (Å²) >= 11 is 0. The number of nitriles is 1. The van der Waals surface area contributed by atoms with E-state index in [0.717, 1.165) is 44.6 Å². The molecule has 1 heterocycles. The van der Waals surface area contributed by atoms with Crippen LogP contribution in [0.2, 0.25) is 0 Å². The number of likely N-dealkylation sites (tertiary alicyclic amines) is 1. The zero-order valence-corrected chi connectivity index (χ0v) is 14.1. The molecule has 1 aliphatic rings. The van der Waals surface area contributed by atoms with Crippen molar-refractivity contribution in [1.29, 1.82) is 5.26 Å². The van der Waals surface area contributed by atoms with Crippen LogP contribution in [-0.2, 0) is 11.2 Å². The van der Waals surface area contributed by atoms with Crippen LogP contribution in [0.4, 0.5) is 5.69 Å². The Morgan fingerprint density at radius 3 is 2.61 bits per heavy atom. The van der Waals surface area contributed by atoms with Crippen molar-refractivity contribution in [2.75, 3.05) is 25.0 Å². The number of unbranched alkanes of at least 4 members (excludes halogenated alkanes) is 1. The Kier molecular flexibility index (Phi) is 7.09. The SMILES string of the molecule is CCCCc1ccc(NC(=O)C2CCN(CCC#N)CC2)cc1. The molecule has 4 heteroatoms. The molecule has 23 heavy (non-hydrogen) atoms. The van der Waals surface area contributed by atoms with E-state index in [1.807, 2.05) is 12.1 Å². The fraction of sp³-hybridized carbons (Fsp3) is 0.579. The van der Waals surface area contributed by atoms with Gasteiger partial charge in [0.25, 0.3) is 0 Å². The average molecular weight is 313 g/mol. The van der Waals surface area contributed by atoms with Gasteiger partial charge in [-0.25, -0.2) is 0 Å². The van der Waals surface area contributed by atoms with Gasteiger partial charge in [-0.05, 0) is 56.5 Å². The van der Waals surface area contributed by atoms with E-state index in [2.05, 4.69) is 35.3 Å². The maximum absolute atomic E-state index is 12.4. The van der Waals surface area contributed by atoms with Gasteiger partial charge in [0.05, 0.1) is 6.07 Å². The number of piperidine rings is 1. The van der Waals surface area contributed by atoms with Crippen LogP contribution in [0.1, 0.15) is 44.6 Å². The van der Waals surface area contributed by atoms with Gasteiger partial charge in [0.15, 0.2) is 0 Å². The normalized spacial score (nSPS) is 16.0. The summed E-state index contributed by atoms with van der Waals surface area (Å²) in [5.74, 6) is 0.222. The van der Waals surface area contributed by atoms with Gasteiger partial charge in [-0.3, -0.25) is 4.79 Å². The molecule has 124 valence electrons. The predicted octanol–water partition coefficient (Wildman–Crippen LogP) is 3.59. The molecule has 1 aromatic carbocycles. The highest BCUT2D eigenvalue weighted by molar-refractivity contribution is 5.92. The maximum atomic E-state index is 12.4. The van der Waals surface area contributed by atoms with E-state index in [0.29, 0.717) is 6.42 Å². The van der Waals surface area contributed by atoms with Crippen LogP contribution in [0, 0.1) is 17.2 Å². The van der Waals surface area contributed by atoms with E-state index in [1.165, 1.54) is 18.4 Å². The second kappa shape index (κ2) is 9.32. The van der Waals surface area contributed by atoms with Crippen molar-refractivity contribution in [2.24, 2.45) is 5.92 Å². The Morgan fingerprint density at radius 1 is 1.30 bits per heavy atom. The molecular weight excluding hydrogens is 286 g/mol. The molecule has 0 aliphatic carbocycles. The number of hydrogen-bond donors (Lipinski definition) is 1. The molecule has 1 fully saturated rings. The van der Waals surface area contributed by atoms with Crippen LogP contribution in [0.3, 0.4) is 0 Å². The Bertz CT molecular complexity index is 525. The van der Waals surface area contributed by atoms with E-state index in [4.69, 9.17) is 5.26 Å². The third kappa shape index (κ3) is 5.69. The van der Waals surface area contributed by atoms with Gasteiger partial charge < -0.3 is 10.2 Å². The van der Waals surface area contributed by atoms with Gasteiger partial charge in [-0.1, -0.05) is 25.5 Å². The topological polar surface area (TPSA) is 56.1 Å². The number of rotatable bonds is 7. The summed E-state index contributed by atoms with van der Waals surface area (Å²) in [7, 11) is 0. The molecule has 1 saturated heterocycles. The highest BCUT2D eigenvalue weighted by atomic mass is 16.1. The summed E-state index contributed by atoms with van der Waals surface area (Å²) in [6.45, 7) is 4.84. The lowest BCUT2D eigenvalue weighted by Gasteiger charge is -2.30. The van der Waals surface area contributed by atoms with Crippen molar-refractivity contribution in [3.8, 4) is 6.07 Å². The van der Waals surface area contributed by atoms with Crippen molar-refractivity contribution < 1.29 is 4.79 Å². The first kappa shape index (κ1) is 17.5. The molecule has 0 radical (unpaired) electrons. The van der Waals surface area contributed by atoms with Gasteiger partial charge in [-0.15, -0.1) is 0 Å². The van der Waals surface area contributed by atoms with Crippen LogP contribution in [0.25, 0.3) is 0 Å². The summed E-state index contributed by atoms with van der Waals surface area (Å²) < 4.78 is 0. The number of hydrogen-bond acceptors (Lipinski definition) is 3. The molecule has 0 atom stereocenters. The zero-order valence-electron chi connectivity index (χ0n) is 14.1. The average Bonchev–Trinajstić information content (AvgIpc) is 2.59. The number of carbonyl (C=O) groups excluding carboxylic acids is 1. The molecule has 1 N–H and O–H groups in total. The molecule has 0 aromatic heterocycles. The van der Waals surface area contributed by atoms with Crippen LogP contribution >= 0.6 is 0 Å². The highest BCUT2D eigenvalue weighted by Gasteiger charge is 2.24. The smallest absolute Gasteiger partial charge is 0.227 e. The van der Waals surface area contributed by atoms with Gasteiger partial charge in [0.2, 0.25) is 5.91 Å². The number of carbonyl (C=O) groups is 1. The Hall–Kier alpha value is -1.86. The maximum Gasteiger partial charge on any atom is 0.227 e. The summed E-state index contributed by atoms with van der Waals surface area (Å²) in [5.41, 5.74) is 2.22. The van der Waals surface area contributed by atoms with Gasteiger partial charge in [0.1, 0.15) is 0 Å². The second-order valence-electron chi connectivity index (χ2n) is 6.31. The molecule has 4 nitrogen and oxygen atoms in total. The molecular formula is C19H27N3O. The van der Waals surface area contributed by atoms with E-state index >= 15 is 0 Å². The van der Waals surface area contributed by atoms with Crippen molar-refractivity contribution >= 4 is 11.6 Å². The summed E-state index contributed by atoms with van der Waals surface area (Å²) in [6, 6.07) is 10.4.